The second-order valence-electron chi connectivity index (χ2n) is 37.0. The number of rotatable bonds is 12. The van der Waals surface area contributed by atoms with E-state index in [-0.39, 0.29) is 33.8 Å². The second kappa shape index (κ2) is 28.3. The highest BCUT2D eigenvalue weighted by molar-refractivity contribution is 7.00. The van der Waals surface area contributed by atoms with Gasteiger partial charge in [-0.3, -0.25) is 0 Å². The van der Waals surface area contributed by atoms with Gasteiger partial charge in [0.2, 0.25) is 0 Å². The Hall–Kier alpha value is -12.4. The number of aromatic nitrogens is 1. The molecule has 0 fully saturated rings. The summed E-state index contributed by atoms with van der Waals surface area (Å²) in [5, 5.41) is 2.46. The first-order valence-electron chi connectivity index (χ1n) is 41.1. The van der Waals surface area contributed by atoms with Crippen molar-refractivity contribution in [3.05, 3.63) is 368 Å². The van der Waals surface area contributed by atoms with E-state index in [0.29, 0.717) is 0 Å². The largest absolute Gasteiger partial charge is 0.310 e. The Labute approximate surface area is 681 Å². The van der Waals surface area contributed by atoms with Crippen molar-refractivity contribution in [3.8, 4) is 72.4 Å². The van der Waals surface area contributed by atoms with E-state index in [4.69, 9.17) is 0 Å². The molecule has 0 atom stereocenters. The van der Waals surface area contributed by atoms with Gasteiger partial charge in [-0.25, -0.2) is 0 Å². The van der Waals surface area contributed by atoms with Gasteiger partial charge in [0.1, 0.15) is 0 Å². The first-order chi connectivity index (χ1) is 55.2. The van der Waals surface area contributed by atoms with E-state index >= 15 is 0 Å². The number of para-hydroxylation sites is 4. The van der Waals surface area contributed by atoms with Crippen LogP contribution in [0.5, 0.6) is 0 Å². The maximum Gasteiger partial charge on any atom is 0.252 e. The van der Waals surface area contributed by atoms with Gasteiger partial charge in [0.25, 0.3) is 6.71 Å². The van der Waals surface area contributed by atoms with Crippen LogP contribution in [0, 0.1) is 0 Å². The van der Waals surface area contributed by atoms with Gasteiger partial charge in [0.05, 0.1) is 28.1 Å². The van der Waals surface area contributed by atoms with Crippen molar-refractivity contribution in [2.45, 2.75) is 131 Å². The monoisotopic (exact) mass is 1490 g/mol. The fourth-order valence-corrected chi connectivity index (χ4v) is 17.7. The molecule has 3 heterocycles. The third-order valence-electron chi connectivity index (χ3n) is 24.1. The van der Waals surface area contributed by atoms with E-state index in [1.54, 1.807) is 0 Å². The van der Waals surface area contributed by atoms with E-state index < -0.39 is 0 Å². The molecule has 0 spiro atoms. The topological polar surface area (TPSA) is 14.7 Å². The summed E-state index contributed by atoms with van der Waals surface area (Å²) in [6.07, 6.45) is 0. The normalized spacial score (nSPS) is 12.9. The minimum Gasteiger partial charge on any atom is -0.310 e. The molecule has 16 aromatic rings. The van der Waals surface area contributed by atoms with Crippen LogP contribution in [0.15, 0.2) is 340 Å². The molecular weight excluding hydrogens is 1390 g/mol. The fraction of sp³-hybridized carbons (Fsp3) is 0.182. The molecule has 4 nitrogen and oxygen atoms in total. The molecule has 0 saturated heterocycles. The molecule has 0 unspecified atom stereocenters. The number of hydrogen-bond acceptors (Lipinski definition) is 3. The molecular formula is C110H101BN4. The zero-order valence-electron chi connectivity index (χ0n) is 69.2. The maximum absolute atomic E-state index is 2.74. The lowest BCUT2D eigenvalue weighted by atomic mass is 9.33. The summed E-state index contributed by atoms with van der Waals surface area (Å²) in [6.45, 7) is 35.1. The summed E-state index contributed by atoms with van der Waals surface area (Å²) >= 11 is 0. The Morgan fingerprint density at radius 3 is 0.948 bits per heavy atom. The molecule has 2 aliphatic rings. The maximum atomic E-state index is 2.74. The predicted octanol–water partition coefficient (Wildman–Crippen LogP) is 28.8. The van der Waals surface area contributed by atoms with Crippen LogP contribution in [0.25, 0.3) is 94.3 Å². The zero-order chi connectivity index (χ0) is 79.6. The SMILES string of the molecule is CC(C)(C)c1cc(-c2ccc3c(c2)N(c2c(-c4ccccc4)cccc2-c2ccccc2)c2cc(N(c4ccccc4)c4ccc(-n5c6ccccc6c6ccccc65)cc4)cc4c2B3c2ccc(-c3cc(C(C)(C)C)cc(C(C)(C)C)c3)cc2N4c2c(-c3ccccc3)cc(C(C)(C)C)cc2-c2ccccc2)cc(C(C)(C)C)c1. The smallest absolute Gasteiger partial charge is 0.252 e. The number of hydrogen-bond donors (Lipinski definition) is 0. The second-order valence-corrected chi connectivity index (χ2v) is 37.0. The van der Waals surface area contributed by atoms with E-state index in [1.807, 2.05) is 0 Å². The Morgan fingerprint density at radius 1 is 0.235 bits per heavy atom. The highest BCUT2D eigenvalue weighted by Gasteiger charge is 2.47. The van der Waals surface area contributed by atoms with Gasteiger partial charge in [-0.05, 0) is 201 Å². The van der Waals surface area contributed by atoms with E-state index in [1.165, 1.54) is 77.1 Å². The van der Waals surface area contributed by atoms with Gasteiger partial charge < -0.3 is 19.3 Å². The lowest BCUT2D eigenvalue weighted by Crippen LogP contribution is -2.61. The van der Waals surface area contributed by atoms with Gasteiger partial charge in [-0.15, -0.1) is 0 Å². The zero-order valence-corrected chi connectivity index (χ0v) is 69.2. The molecule has 115 heavy (non-hydrogen) atoms. The summed E-state index contributed by atoms with van der Waals surface area (Å²) in [5.74, 6) is 0. The van der Waals surface area contributed by atoms with Crippen LogP contribution >= 0.6 is 0 Å². The van der Waals surface area contributed by atoms with Crippen molar-refractivity contribution in [1.29, 1.82) is 0 Å². The van der Waals surface area contributed by atoms with Crippen LogP contribution in [-0.2, 0) is 27.1 Å². The quantitative estimate of drug-likeness (QED) is 0.113. The third kappa shape index (κ3) is 13.5. The van der Waals surface area contributed by atoms with Crippen molar-refractivity contribution in [1.82, 2.24) is 4.57 Å². The fourth-order valence-electron chi connectivity index (χ4n) is 17.7. The Kier molecular flexibility index (Phi) is 18.2. The van der Waals surface area contributed by atoms with E-state index in [0.717, 1.165) is 113 Å². The number of benzene rings is 15. The molecule has 0 amide bonds. The minimum absolute atomic E-state index is 0.121. The van der Waals surface area contributed by atoms with Crippen LogP contribution in [-0.4, -0.2) is 11.3 Å². The summed E-state index contributed by atoms with van der Waals surface area (Å²) in [4.78, 5) is 7.98. The minimum atomic E-state index is -0.286. The summed E-state index contributed by atoms with van der Waals surface area (Å²) in [7, 11) is 0. The Balaban J connectivity index is 1.03. The van der Waals surface area contributed by atoms with Crippen LogP contribution in [0.2, 0.25) is 0 Å². The van der Waals surface area contributed by atoms with Gasteiger partial charge in [0.15, 0.2) is 0 Å². The highest BCUT2D eigenvalue weighted by Crippen LogP contribution is 2.56. The van der Waals surface area contributed by atoms with Crippen molar-refractivity contribution in [3.63, 3.8) is 0 Å². The molecule has 5 heteroatoms. The van der Waals surface area contributed by atoms with Crippen molar-refractivity contribution >= 4 is 96.1 Å². The van der Waals surface area contributed by atoms with Crippen LogP contribution in [0.1, 0.15) is 132 Å². The standard InChI is InChI=1S/C110H101BN4/c1-106(2,3)80-60-78(61-81(66-80)107(4,5)6)76-52-58-95-99(64-76)114(104-89(72-36-21-16-22-37-72)48-35-49-90(104)73-38-23-17-24-39-73)101-70-88(112(85-44-29-20-30-45-85)86-54-56-87(57-55-86)113-97-50-33-31-46-91(97)92-47-32-34-51-98(92)113)71-102-103(101)111(95)96-59-53-77(79-62-82(108(7,8)9)67-83(63-79)109(10,11)12)65-100(96)115(102)105-93(74-40-25-18-26-41-74)68-84(110(13,14)15)69-94(105)75-42-27-19-28-43-75/h16-71H,1-15H3. The van der Waals surface area contributed by atoms with Gasteiger partial charge in [-0.1, -0.05) is 359 Å². The van der Waals surface area contributed by atoms with E-state index in [2.05, 4.69) is 463 Å². The first-order valence-corrected chi connectivity index (χ1v) is 41.1. The molecule has 0 radical (unpaired) electrons. The molecule has 18 rings (SSSR count). The van der Waals surface area contributed by atoms with E-state index in [9.17, 15) is 0 Å². The van der Waals surface area contributed by atoms with Crippen molar-refractivity contribution in [2.24, 2.45) is 0 Å². The highest BCUT2D eigenvalue weighted by atomic mass is 15.2. The Bertz CT molecular complexity index is 6160. The van der Waals surface area contributed by atoms with Crippen molar-refractivity contribution < 1.29 is 0 Å². The van der Waals surface area contributed by atoms with Crippen LogP contribution in [0.4, 0.5) is 51.2 Å². The lowest BCUT2D eigenvalue weighted by molar-refractivity contribution is 0.568. The summed E-state index contributed by atoms with van der Waals surface area (Å²) < 4.78 is 2.43. The van der Waals surface area contributed by atoms with Gasteiger partial charge >= 0.3 is 0 Å². The number of nitrogens with zero attached hydrogens (tertiary/aromatic N) is 4. The number of fused-ring (bicyclic) bond motifs is 7. The Morgan fingerprint density at radius 2 is 0.565 bits per heavy atom. The molecule has 0 aliphatic carbocycles. The third-order valence-corrected chi connectivity index (χ3v) is 24.1. The van der Waals surface area contributed by atoms with Gasteiger partial charge in [-0.2, -0.15) is 0 Å². The average molecular weight is 1490 g/mol. The molecule has 15 aromatic carbocycles. The molecule has 0 bridgehead atoms. The predicted molar refractivity (Wildman–Crippen MR) is 496 cm³/mol. The molecule has 1 aromatic heterocycles. The molecule has 0 saturated carbocycles. The van der Waals surface area contributed by atoms with Crippen LogP contribution in [0.3, 0.4) is 0 Å². The van der Waals surface area contributed by atoms with Crippen molar-refractivity contribution in [2.75, 3.05) is 14.7 Å². The van der Waals surface area contributed by atoms with Gasteiger partial charge in [0, 0.05) is 72.8 Å². The molecule has 0 N–H and O–H groups in total. The van der Waals surface area contributed by atoms with Crippen LogP contribution < -0.4 is 31.1 Å². The molecule has 564 valence electrons. The number of anilines is 9. The first kappa shape index (κ1) is 74.0. The summed E-state index contributed by atoms with van der Waals surface area (Å²) in [6, 6.07) is 130. The molecule has 2 aliphatic heterocycles. The average Bonchev–Trinajstić information content (AvgIpc) is 1.58. The summed E-state index contributed by atoms with van der Waals surface area (Å²) in [5.41, 5.74) is 36.4. The lowest BCUT2D eigenvalue weighted by Gasteiger charge is -2.46.